The minimum absolute atomic E-state index is 0.0853. The van der Waals surface area contributed by atoms with Crippen LogP contribution in [0.5, 0.6) is 0 Å². The molecule has 21 heavy (non-hydrogen) atoms. The number of alkyl halides is 3. The van der Waals surface area contributed by atoms with Gasteiger partial charge in [0.2, 0.25) is 5.82 Å². The largest absolute Gasteiger partial charge is 0.432 e. The van der Waals surface area contributed by atoms with Gasteiger partial charge in [0.15, 0.2) is 23.3 Å². The van der Waals surface area contributed by atoms with Gasteiger partial charge in [-0.3, -0.25) is 9.89 Å². The molecule has 0 aliphatic rings. The highest BCUT2D eigenvalue weighted by Gasteiger charge is 2.35. The number of rotatable bonds is 1. The van der Waals surface area contributed by atoms with Crippen LogP contribution in [0.1, 0.15) is 5.69 Å². The molecule has 1 heterocycles. The van der Waals surface area contributed by atoms with Gasteiger partial charge < -0.3 is 0 Å². The van der Waals surface area contributed by atoms with Crippen molar-refractivity contribution < 1.29 is 35.1 Å². The SMILES string of the molecule is O=c1cc(C(F)(F)F)[nH]n1-c1c(F)c(F)c(F)c(F)c1F. The standard InChI is InChI=1S/C10H2F8N2O/c11-4-5(12)7(14)9(8(15)6(4)13)20-3(21)1-2(19-20)10(16,17)18/h1,19H. The molecule has 1 aromatic carbocycles. The van der Waals surface area contributed by atoms with E-state index < -0.39 is 56.9 Å². The molecule has 3 nitrogen and oxygen atoms in total. The van der Waals surface area contributed by atoms with Crippen LogP contribution in [0.15, 0.2) is 10.9 Å². The number of hydrogen-bond donors (Lipinski definition) is 1. The van der Waals surface area contributed by atoms with Crippen LogP contribution in [0.3, 0.4) is 0 Å². The zero-order valence-corrected chi connectivity index (χ0v) is 9.46. The van der Waals surface area contributed by atoms with E-state index in [1.807, 2.05) is 0 Å². The smallest absolute Gasteiger partial charge is 0.286 e. The Hall–Kier alpha value is -2.33. The van der Waals surface area contributed by atoms with Gasteiger partial charge in [-0.05, 0) is 0 Å². The van der Waals surface area contributed by atoms with Crippen LogP contribution >= 0.6 is 0 Å². The van der Waals surface area contributed by atoms with Gasteiger partial charge in [-0.25, -0.2) is 26.6 Å². The molecule has 2 rings (SSSR count). The van der Waals surface area contributed by atoms with E-state index in [1.54, 1.807) is 0 Å². The molecule has 1 aromatic heterocycles. The molecule has 0 atom stereocenters. The van der Waals surface area contributed by atoms with E-state index in [9.17, 15) is 39.9 Å². The highest BCUT2D eigenvalue weighted by atomic mass is 19.4. The van der Waals surface area contributed by atoms with E-state index in [4.69, 9.17) is 0 Å². The van der Waals surface area contributed by atoms with E-state index in [0.29, 0.717) is 0 Å². The second-order valence-corrected chi connectivity index (χ2v) is 3.76. The van der Waals surface area contributed by atoms with E-state index in [1.165, 1.54) is 5.10 Å². The summed E-state index contributed by atoms with van der Waals surface area (Å²) in [6, 6.07) is -0.0853. The van der Waals surface area contributed by atoms with Gasteiger partial charge in [-0.1, -0.05) is 0 Å². The second kappa shape index (κ2) is 4.60. The van der Waals surface area contributed by atoms with Crippen LogP contribution in [0, 0.1) is 29.1 Å². The van der Waals surface area contributed by atoms with Gasteiger partial charge in [0, 0.05) is 6.07 Å². The lowest BCUT2D eigenvalue weighted by molar-refractivity contribution is -0.141. The van der Waals surface area contributed by atoms with Gasteiger partial charge in [-0.15, -0.1) is 0 Å². The number of H-pyrrole nitrogens is 1. The van der Waals surface area contributed by atoms with E-state index in [-0.39, 0.29) is 6.07 Å². The molecule has 0 saturated heterocycles. The Morgan fingerprint density at radius 1 is 0.857 bits per heavy atom. The molecule has 1 N–H and O–H groups in total. The molecule has 11 heteroatoms. The Kier molecular flexibility index (Phi) is 3.30. The lowest BCUT2D eigenvalue weighted by Crippen LogP contribution is -2.19. The predicted molar refractivity (Wildman–Crippen MR) is 51.2 cm³/mol. The maximum Gasteiger partial charge on any atom is 0.432 e. The number of benzene rings is 1. The third kappa shape index (κ3) is 2.28. The highest BCUT2D eigenvalue weighted by Crippen LogP contribution is 2.29. The third-order valence-corrected chi connectivity index (χ3v) is 2.44. The molecule has 0 spiro atoms. The molecular weight excluding hydrogens is 316 g/mol. The normalized spacial score (nSPS) is 12.0. The summed E-state index contributed by atoms with van der Waals surface area (Å²) in [4.78, 5) is 11.3. The average Bonchev–Trinajstić information content (AvgIpc) is 2.77. The maximum atomic E-state index is 13.4. The first-order chi connectivity index (χ1) is 9.55. The lowest BCUT2D eigenvalue weighted by Gasteiger charge is -2.08. The van der Waals surface area contributed by atoms with E-state index in [0.717, 1.165) is 0 Å². The fraction of sp³-hybridized carbons (Fsp3) is 0.100. The molecule has 0 amide bonds. The summed E-state index contributed by atoms with van der Waals surface area (Å²) < 4.78 is 102. The van der Waals surface area contributed by atoms with Gasteiger partial charge in [-0.2, -0.15) is 13.2 Å². The fourth-order valence-corrected chi connectivity index (χ4v) is 1.50. The van der Waals surface area contributed by atoms with Crippen molar-refractivity contribution in [2.75, 3.05) is 0 Å². The summed E-state index contributed by atoms with van der Waals surface area (Å²) in [6.07, 6.45) is -5.07. The average molecular weight is 318 g/mol. The summed E-state index contributed by atoms with van der Waals surface area (Å²) in [7, 11) is 0. The van der Waals surface area contributed by atoms with Crippen molar-refractivity contribution in [3.63, 3.8) is 0 Å². The van der Waals surface area contributed by atoms with Crippen LogP contribution in [0.2, 0.25) is 0 Å². The zero-order valence-electron chi connectivity index (χ0n) is 9.46. The monoisotopic (exact) mass is 318 g/mol. The molecule has 0 aliphatic heterocycles. The first kappa shape index (κ1) is 15.1. The van der Waals surface area contributed by atoms with Crippen molar-refractivity contribution >= 4 is 0 Å². The molecule has 2 aromatic rings. The quantitative estimate of drug-likeness (QED) is 0.490. The van der Waals surface area contributed by atoms with Crippen LogP contribution in [0.25, 0.3) is 5.69 Å². The highest BCUT2D eigenvalue weighted by molar-refractivity contribution is 5.37. The summed E-state index contributed by atoms with van der Waals surface area (Å²) in [5.41, 5.74) is -5.19. The molecule has 114 valence electrons. The molecule has 0 fully saturated rings. The molecular formula is C10H2F8N2O. The van der Waals surface area contributed by atoms with E-state index >= 15 is 0 Å². The molecule has 0 unspecified atom stereocenters. The summed E-state index contributed by atoms with van der Waals surface area (Å²) in [5, 5.41) is 1.24. The van der Waals surface area contributed by atoms with Gasteiger partial charge >= 0.3 is 6.18 Å². The minimum Gasteiger partial charge on any atom is -0.286 e. The van der Waals surface area contributed by atoms with Crippen LogP contribution in [0.4, 0.5) is 35.1 Å². The molecule has 0 aliphatic carbocycles. The Morgan fingerprint density at radius 3 is 1.67 bits per heavy atom. The first-order valence-corrected chi connectivity index (χ1v) is 4.96. The number of aromatic nitrogens is 2. The summed E-state index contributed by atoms with van der Waals surface area (Å²) >= 11 is 0. The maximum absolute atomic E-state index is 13.4. The second-order valence-electron chi connectivity index (χ2n) is 3.76. The number of halogens is 8. The van der Waals surface area contributed by atoms with Crippen LogP contribution in [-0.2, 0) is 6.18 Å². The number of aromatic amines is 1. The first-order valence-electron chi connectivity index (χ1n) is 4.96. The number of hydrogen-bond acceptors (Lipinski definition) is 1. The van der Waals surface area contributed by atoms with Crippen LogP contribution < -0.4 is 5.56 Å². The number of nitrogens with one attached hydrogen (secondary N) is 1. The van der Waals surface area contributed by atoms with Crippen molar-refractivity contribution in [2.45, 2.75) is 6.18 Å². The minimum atomic E-state index is -5.07. The van der Waals surface area contributed by atoms with Gasteiger partial charge in [0.05, 0.1) is 0 Å². The fourth-order valence-electron chi connectivity index (χ4n) is 1.50. The van der Waals surface area contributed by atoms with Gasteiger partial charge in [0.25, 0.3) is 5.56 Å². The van der Waals surface area contributed by atoms with Crippen LogP contribution in [-0.4, -0.2) is 9.78 Å². The van der Waals surface area contributed by atoms with Crippen molar-refractivity contribution in [2.24, 2.45) is 0 Å². The third-order valence-electron chi connectivity index (χ3n) is 2.44. The van der Waals surface area contributed by atoms with Crippen molar-refractivity contribution in [3.8, 4) is 5.69 Å². The Labute approximate surface area is 109 Å². The zero-order chi connectivity index (χ0) is 16.1. The van der Waals surface area contributed by atoms with Crippen molar-refractivity contribution in [3.05, 3.63) is 51.2 Å². The van der Waals surface area contributed by atoms with Crippen molar-refractivity contribution in [1.29, 1.82) is 0 Å². The Bertz CT molecular complexity index is 744. The molecule has 0 bridgehead atoms. The molecule has 0 saturated carbocycles. The Balaban J connectivity index is 2.81. The summed E-state index contributed by atoms with van der Waals surface area (Å²) in [5.74, 6) is -12.2. The lowest BCUT2D eigenvalue weighted by atomic mass is 10.2. The van der Waals surface area contributed by atoms with Crippen molar-refractivity contribution in [1.82, 2.24) is 9.78 Å². The Morgan fingerprint density at radius 2 is 1.29 bits per heavy atom. The van der Waals surface area contributed by atoms with E-state index in [2.05, 4.69) is 0 Å². The van der Waals surface area contributed by atoms with Gasteiger partial charge in [0.1, 0.15) is 11.4 Å². The topological polar surface area (TPSA) is 37.8 Å². The predicted octanol–water partition coefficient (Wildman–Crippen LogP) is 2.88. The number of nitrogens with zero attached hydrogens (tertiary/aromatic N) is 1. The molecule has 0 radical (unpaired) electrons. The summed E-state index contributed by atoms with van der Waals surface area (Å²) in [6.45, 7) is 0.